The molecule has 0 N–H and O–H groups in total. The predicted molar refractivity (Wildman–Crippen MR) is 68.5 cm³/mol. The van der Waals surface area contributed by atoms with Crippen LogP contribution >= 0.6 is 0 Å². The van der Waals surface area contributed by atoms with Crippen molar-refractivity contribution in [1.29, 1.82) is 0 Å². The molecule has 1 aromatic rings. The smallest absolute Gasteiger partial charge is 0.356 e. The van der Waals surface area contributed by atoms with E-state index in [9.17, 15) is 17.6 Å². The van der Waals surface area contributed by atoms with Gasteiger partial charge in [-0.2, -0.15) is 0 Å². The molecule has 0 heterocycles. The average Bonchev–Trinajstić information content (AvgIpc) is 2.38. The molecule has 0 amide bonds. The van der Waals surface area contributed by atoms with Gasteiger partial charge in [-0.25, -0.2) is 14.1 Å². The summed E-state index contributed by atoms with van der Waals surface area (Å²) in [7, 11) is 0. The lowest BCUT2D eigenvalue weighted by molar-refractivity contribution is -0.349. The Morgan fingerprint density at radius 2 is 1.75 bits per heavy atom. The highest BCUT2D eigenvalue weighted by Crippen LogP contribution is 2.22. The largest absolute Gasteiger partial charge is 0.525 e. The minimum Gasteiger partial charge on any atom is -0.356 e. The molecular weight excluding hydrogens is 276 g/mol. The van der Waals surface area contributed by atoms with E-state index in [0.717, 1.165) is 0 Å². The van der Waals surface area contributed by atoms with Crippen molar-refractivity contribution in [3.8, 4) is 0 Å². The summed E-state index contributed by atoms with van der Waals surface area (Å²) in [6.07, 6.45) is -7.71. The zero-order valence-electron chi connectivity index (χ0n) is 11.2. The van der Waals surface area contributed by atoms with Gasteiger partial charge in [0.2, 0.25) is 0 Å². The van der Waals surface area contributed by atoms with Gasteiger partial charge in [0.1, 0.15) is 0 Å². The van der Waals surface area contributed by atoms with Gasteiger partial charge in [-0.15, -0.1) is 13.2 Å². The molecule has 0 aliphatic carbocycles. The molecular formula is C13H16F4N2O. The monoisotopic (exact) mass is 292 g/mol. The van der Waals surface area contributed by atoms with E-state index in [-0.39, 0.29) is 0 Å². The molecule has 0 aromatic heterocycles. The molecule has 112 valence electrons. The number of para-hydroxylation sites is 1. The number of halogens is 4. The minimum atomic E-state index is -5.05. The van der Waals surface area contributed by atoms with Crippen molar-refractivity contribution in [2.24, 2.45) is 4.99 Å². The van der Waals surface area contributed by atoms with Gasteiger partial charge >= 0.3 is 6.36 Å². The van der Waals surface area contributed by atoms with Crippen LogP contribution in [0.1, 0.15) is 13.8 Å². The summed E-state index contributed by atoms with van der Waals surface area (Å²) in [6, 6.07) is 8.20. The highest BCUT2D eigenvalue weighted by Gasteiger charge is 2.37. The van der Waals surface area contributed by atoms with Crippen molar-refractivity contribution in [3.63, 3.8) is 0 Å². The molecule has 0 radical (unpaired) electrons. The number of nitrogens with zero attached hydrogens (tertiary/aromatic N) is 2. The maximum absolute atomic E-state index is 13.8. The van der Waals surface area contributed by atoms with E-state index < -0.39 is 18.6 Å². The Balaban J connectivity index is 3.05. The van der Waals surface area contributed by atoms with Gasteiger partial charge in [0.15, 0.2) is 5.84 Å². The average molecular weight is 292 g/mol. The number of alkyl halides is 4. The van der Waals surface area contributed by atoms with E-state index in [1.54, 1.807) is 44.2 Å². The normalized spacial score (nSPS) is 14.2. The van der Waals surface area contributed by atoms with Crippen LogP contribution in [0.3, 0.4) is 0 Å². The first-order valence-corrected chi connectivity index (χ1v) is 6.14. The van der Waals surface area contributed by atoms with Crippen LogP contribution in [0.2, 0.25) is 0 Å². The number of rotatable bonds is 5. The first-order valence-electron chi connectivity index (χ1n) is 6.14. The molecule has 1 unspecified atom stereocenters. The fourth-order valence-electron chi connectivity index (χ4n) is 1.62. The van der Waals surface area contributed by atoms with Crippen molar-refractivity contribution >= 4 is 11.5 Å². The second-order valence-corrected chi connectivity index (χ2v) is 3.86. The van der Waals surface area contributed by atoms with E-state index >= 15 is 0 Å². The lowest BCUT2D eigenvalue weighted by Gasteiger charge is -2.25. The first kappa shape index (κ1) is 16.4. The highest BCUT2D eigenvalue weighted by atomic mass is 19.4. The van der Waals surface area contributed by atoms with Crippen LogP contribution in [0, 0.1) is 0 Å². The van der Waals surface area contributed by atoms with Gasteiger partial charge < -0.3 is 4.90 Å². The van der Waals surface area contributed by atoms with Crippen LogP contribution in [0.4, 0.5) is 23.2 Å². The number of benzene rings is 1. The number of amidine groups is 1. The van der Waals surface area contributed by atoms with Crippen LogP contribution in [0.25, 0.3) is 0 Å². The molecule has 1 aromatic carbocycles. The summed E-state index contributed by atoms with van der Waals surface area (Å²) in [5.74, 6) is -0.390. The lowest BCUT2D eigenvalue weighted by Crippen LogP contribution is -2.40. The molecule has 7 heteroatoms. The molecule has 0 spiro atoms. The zero-order valence-corrected chi connectivity index (χ0v) is 11.2. The Morgan fingerprint density at radius 1 is 1.20 bits per heavy atom. The molecule has 0 saturated heterocycles. The molecule has 0 aliphatic rings. The van der Waals surface area contributed by atoms with Crippen molar-refractivity contribution in [2.75, 3.05) is 13.1 Å². The van der Waals surface area contributed by atoms with Crippen molar-refractivity contribution in [2.45, 2.75) is 26.6 Å². The second-order valence-electron chi connectivity index (χ2n) is 3.86. The molecule has 20 heavy (non-hydrogen) atoms. The van der Waals surface area contributed by atoms with Gasteiger partial charge in [0.05, 0.1) is 5.69 Å². The van der Waals surface area contributed by atoms with E-state index in [1.807, 2.05) is 0 Å². The van der Waals surface area contributed by atoms with E-state index in [2.05, 4.69) is 9.73 Å². The van der Waals surface area contributed by atoms with Gasteiger partial charge in [0, 0.05) is 13.1 Å². The number of hydrogen-bond acceptors (Lipinski definition) is 2. The molecule has 0 aliphatic heterocycles. The summed E-state index contributed by atoms with van der Waals surface area (Å²) in [4.78, 5) is 5.31. The SMILES string of the molecule is CCN(CC)C(=Nc1ccccc1)C(F)OC(F)(F)F. The first-order chi connectivity index (χ1) is 9.37. The van der Waals surface area contributed by atoms with E-state index in [1.165, 1.54) is 4.90 Å². The molecule has 0 saturated carbocycles. The fourth-order valence-corrected chi connectivity index (χ4v) is 1.62. The third-order valence-corrected chi connectivity index (χ3v) is 2.53. The molecule has 1 rings (SSSR count). The van der Waals surface area contributed by atoms with Gasteiger partial charge in [-0.1, -0.05) is 18.2 Å². The summed E-state index contributed by atoms with van der Waals surface area (Å²) in [6.45, 7) is 4.04. The van der Waals surface area contributed by atoms with E-state index in [4.69, 9.17) is 0 Å². The number of hydrogen-bond donors (Lipinski definition) is 0. The Labute approximate surface area is 114 Å². The maximum Gasteiger partial charge on any atom is 0.525 e. The number of aliphatic imine (C=N–C) groups is 1. The van der Waals surface area contributed by atoms with Crippen LogP contribution < -0.4 is 0 Å². The summed E-state index contributed by atoms with van der Waals surface area (Å²) >= 11 is 0. The molecule has 1 atom stereocenters. The zero-order chi connectivity index (χ0) is 15.2. The highest BCUT2D eigenvalue weighted by molar-refractivity contribution is 5.87. The quantitative estimate of drug-likeness (QED) is 0.467. The van der Waals surface area contributed by atoms with Crippen LogP contribution in [0.5, 0.6) is 0 Å². The Hall–Kier alpha value is -1.63. The number of ether oxygens (including phenoxy) is 1. The summed E-state index contributed by atoms with van der Waals surface area (Å²) < 4.78 is 53.6. The summed E-state index contributed by atoms with van der Waals surface area (Å²) in [5, 5.41) is 0. The second kappa shape index (κ2) is 7.23. The third-order valence-electron chi connectivity index (χ3n) is 2.53. The van der Waals surface area contributed by atoms with Crippen molar-refractivity contribution in [3.05, 3.63) is 30.3 Å². The maximum atomic E-state index is 13.8. The topological polar surface area (TPSA) is 24.8 Å². The lowest BCUT2D eigenvalue weighted by atomic mass is 10.3. The Morgan fingerprint density at radius 3 is 2.20 bits per heavy atom. The van der Waals surface area contributed by atoms with Crippen molar-refractivity contribution < 1.29 is 22.3 Å². The molecule has 0 bridgehead atoms. The van der Waals surface area contributed by atoms with Crippen LogP contribution in [-0.2, 0) is 4.74 Å². The summed E-state index contributed by atoms with van der Waals surface area (Å²) in [5.41, 5.74) is 0.364. The fraction of sp³-hybridized carbons (Fsp3) is 0.462. The van der Waals surface area contributed by atoms with Gasteiger partial charge in [-0.05, 0) is 26.0 Å². The standard InChI is InChI=1S/C13H16F4N2O/c1-3-19(4-2)12(11(14)20-13(15,16)17)18-10-8-6-5-7-9-10/h5-9,11H,3-4H2,1-2H3. The molecule has 0 fully saturated rings. The minimum absolute atomic E-state index is 0.323. The third kappa shape index (κ3) is 5.16. The van der Waals surface area contributed by atoms with Crippen molar-refractivity contribution in [1.82, 2.24) is 4.90 Å². The van der Waals surface area contributed by atoms with Crippen LogP contribution in [-0.4, -0.2) is 36.5 Å². The van der Waals surface area contributed by atoms with Gasteiger partial charge in [-0.3, -0.25) is 0 Å². The van der Waals surface area contributed by atoms with Gasteiger partial charge in [0.25, 0.3) is 6.36 Å². The van der Waals surface area contributed by atoms with Crippen LogP contribution in [0.15, 0.2) is 35.3 Å². The van der Waals surface area contributed by atoms with E-state index in [0.29, 0.717) is 18.8 Å². The number of likely N-dealkylation sites (N-methyl/N-ethyl adjacent to an activating group) is 1. The Bertz CT molecular complexity index is 430. The molecule has 3 nitrogen and oxygen atoms in total. The Kier molecular flexibility index (Phi) is 5.94. The predicted octanol–water partition coefficient (Wildman–Crippen LogP) is 3.89.